The second kappa shape index (κ2) is 20.8. The zero-order chi connectivity index (χ0) is 65.7. The lowest BCUT2D eigenvalue weighted by Gasteiger charge is -2.13. The van der Waals surface area contributed by atoms with Crippen molar-refractivity contribution in [1.29, 1.82) is 0 Å². The highest BCUT2D eigenvalue weighted by Gasteiger charge is 2.30. The number of rotatable bonds is 7. The minimum atomic E-state index is 0.693. The van der Waals surface area contributed by atoms with Gasteiger partial charge in [-0.05, 0) is 132 Å². The van der Waals surface area contributed by atoms with Crippen molar-refractivity contribution in [3.05, 3.63) is 315 Å². The Morgan fingerprint density at radius 3 is 1.37 bits per heavy atom. The van der Waals surface area contributed by atoms with E-state index in [1.807, 2.05) is 22.7 Å². The maximum Gasteiger partial charge on any atom is 0.160 e. The minimum Gasteiger partial charge on any atom is -0.456 e. The lowest BCUT2D eigenvalue weighted by atomic mass is 9.98. The quantitative estimate of drug-likeness (QED) is 0.160. The van der Waals surface area contributed by atoms with E-state index in [0.717, 1.165) is 100 Å². The molecule has 8 heterocycles. The Balaban J connectivity index is 0.780. The molecule has 0 aliphatic heterocycles. The van der Waals surface area contributed by atoms with Crippen LogP contribution in [0.1, 0.15) is 0 Å². The molecule has 0 bridgehead atoms. The van der Waals surface area contributed by atoms with Gasteiger partial charge in [0, 0.05) is 124 Å². The van der Waals surface area contributed by atoms with E-state index in [1.165, 1.54) is 111 Å². The Bertz CT molecular complexity index is 7510. The van der Waals surface area contributed by atoms with Crippen LogP contribution in [0.25, 0.3) is 217 Å². The van der Waals surface area contributed by atoms with E-state index in [2.05, 4.69) is 334 Å². The van der Waals surface area contributed by atoms with E-state index in [0.29, 0.717) is 5.82 Å². The van der Waals surface area contributed by atoms with Gasteiger partial charge in [-0.15, -0.1) is 22.7 Å². The molecule has 8 aromatic heterocycles. The maximum absolute atomic E-state index is 6.54. The Kier molecular flexibility index (Phi) is 11.4. The molecule has 7 nitrogen and oxygen atoms in total. The third kappa shape index (κ3) is 7.70. The number of fused-ring (bicyclic) bond motifs is 28. The van der Waals surface area contributed by atoms with Crippen molar-refractivity contribution in [2.75, 3.05) is 0 Å². The van der Waals surface area contributed by atoms with Gasteiger partial charge in [0.1, 0.15) is 11.2 Å². The smallest absolute Gasteiger partial charge is 0.160 e. The molecule has 0 fully saturated rings. The second-order valence-corrected chi connectivity index (χ2v) is 28.7. The highest BCUT2D eigenvalue weighted by molar-refractivity contribution is 7.27. The largest absolute Gasteiger partial charge is 0.456 e. The molecule has 0 spiro atoms. The van der Waals surface area contributed by atoms with Crippen molar-refractivity contribution >= 4 is 183 Å². The van der Waals surface area contributed by atoms with Crippen LogP contribution in [0.5, 0.6) is 0 Å². The van der Waals surface area contributed by atoms with Gasteiger partial charge in [-0.25, -0.2) is 9.97 Å². The number of aromatic nitrogens is 6. The van der Waals surface area contributed by atoms with Crippen molar-refractivity contribution in [3.63, 3.8) is 0 Å². The summed E-state index contributed by atoms with van der Waals surface area (Å²) in [7, 11) is 0. The molecule has 0 saturated heterocycles. The van der Waals surface area contributed by atoms with Crippen molar-refractivity contribution in [2.24, 2.45) is 0 Å². The minimum absolute atomic E-state index is 0.693. The molecule has 0 amide bonds. The zero-order valence-corrected chi connectivity index (χ0v) is 55.6. The Morgan fingerprint density at radius 2 is 0.693 bits per heavy atom. The molecular formula is C92H52N6OS2. The summed E-state index contributed by atoms with van der Waals surface area (Å²) in [5.41, 5.74) is 21.6. The van der Waals surface area contributed by atoms with Crippen molar-refractivity contribution in [1.82, 2.24) is 28.2 Å². The fourth-order valence-corrected chi connectivity index (χ4v) is 19.6. The van der Waals surface area contributed by atoms with Gasteiger partial charge >= 0.3 is 0 Å². The Hall–Kier alpha value is -12.9. The Labute approximate surface area is 583 Å². The van der Waals surface area contributed by atoms with Crippen LogP contribution in [-0.2, 0) is 0 Å². The summed E-state index contributed by atoms with van der Waals surface area (Å²) < 4.78 is 21.8. The SMILES string of the molecule is c1ccc(-c2nc(-c3ccc(-n4c5ccccc5c5c6c7ccccc7sc6c6c(c7ccccc7n6-c6cccc(-c7ccc8c(c7)c7c9c%10ccccc%10sc9c9c(c%10ccccc%10n9-c9ccccc9)c7n8-c7ccc8oc9ccccc9c8c7)c6)c54)cc3)nc3ccccc23)cc1. The predicted molar refractivity (Wildman–Crippen MR) is 426 cm³/mol. The molecule has 0 aliphatic carbocycles. The van der Waals surface area contributed by atoms with Crippen LogP contribution in [0.3, 0.4) is 0 Å². The highest BCUT2D eigenvalue weighted by Crippen LogP contribution is 2.54. The molecule has 15 aromatic carbocycles. The van der Waals surface area contributed by atoms with E-state index in [4.69, 9.17) is 14.4 Å². The summed E-state index contributed by atoms with van der Waals surface area (Å²) in [4.78, 5) is 10.5. The number of furan rings is 1. The number of hydrogen-bond donors (Lipinski definition) is 0. The molecule has 0 N–H and O–H groups in total. The lowest BCUT2D eigenvalue weighted by molar-refractivity contribution is 0.669. The van der Waals surface area contributed by atoms with Crippen LogP contribution in [0.2, 0.25) is 0 Å². The lowest BCUT2D eigenvalue weighted by Crippen LogP contribution is -1.97. The van der Waals surface area contributed by atoms with Gasteiger partial charge < -0.3 is 22.7 Å². The molecular weight excluding hydrogens is 1270 g/mol. The first-order valence-corrected chi connectivity index (χ1v) is 35.9. The van der Waals surface area contributed by atoms with Gasteiger partial charge in [-0.3, -0.25) is 0 Å². The van der Waals surface area contributed by atoms with Crippen LogP contribution in [0, 0.1) is 0 Å². The average Bonchev–Trinajstić information content (AvgIpc) is 1.52. The van der Waals surface area contributed by atoms with E-state index in [9.17, 15) is 0 Å². The molecule has 101 heavy (non-hydrogen) atoms. The summed E-state index contributed by atoms with van der Waals surface area (Å²) in [6.07, 6.45) is 0. The number of para-hydroxylation sites is 6. The van der Waals surface area contributed by atoms with E-state index in [-0.39, 0.29) is 0 Å². The average molecular weight is 1320 g/mol. The highest BCUT2D eigenvalue weighted by atomic mass is 32.1. The monoisotopic (exact) mass is 1320 g/mol. The predicted octanol–water partition coefficient (Wildman–Crippen LogP) is 25.7. The summed E-state index contributed by atoms with van der Waals surface area (Å²) in [5, 5.41) is 18.0. The molecule has 23 aromatic rings. The molecule has 468 valence electrons. The number of thiophene rings is 2. The Morgan fingerprint density at radius 1 is 0.248 bits per heavy atom. The third-order valence-corrected chi connectivity index (χ3v) is 23.6. The van der Waals surface area contributed by atoms with Gasteiger partial charge in [-0.2, -0.15) is 0 Å². The summed E-state index contributed by atoms with van der Waals surface area (Å²) >= 11 is 3.80. The third-order valence-electron chi connectivity index (χ3n) is 21.3. The molecule has 0 aliphatic rings. The van der Waals surface area contributed by atoms with Gasteiger partial charge in [0.05, 0.1) is 64.7 Å². The molecule has 0 unspecified atom stereocenters. The first-order chi connectivity index (χ1) is 50.1. The molecule has 0 saturated carbocycles. The molecule has 0 radical (unpaired) electrons. The molecule has 23 rings (SSSR count). The van der Waals surface area contributed by atoms with Crippen molar-refractivity contribution < 1.29 is 4.42 Å². The second-order valence-electron chi connectivity index (χ2n) is 26.6. The fourth-order valence-electron chi connectivity index (χ4n) is 17.1. The zero-order valence-electron chi connectivity index (χ0n) is 53.9. The van der Waals surface area contributed by atoms with E-state index < -0.39 is 0 Å². The fraction of sp³-hybridized carbons (Fsp3) is 0. The van der Waals surface area contributed by atoms with Crippen LogP contribution < -0.4 is 0 Å². The van der Waals surface area contributed by atoms with Gasteiger partial charge in [0.25, 0.3) is 0 Å². The molecule has 9 heteroatoms. The number of benzene rings is 15. The van der Waals surface area contributed by atoms with E-state index in [1.54, 1.807) is 0 Å². The van der Waals surface area contributed by atoms with Gasteiger partial charge in [0.2, 0.25) is 0 Å². The maximum atomic E-state index is 6.54. The standard InChI is InChI=1S/C92H52N6OS2/c1-3-22-53(23-4-1)85-62-29-7-14-35-70(62)93-92(94-85)54-42-45-58(46-43-54)95-71-36-15-8-30-63(71)79-81-66-33-12-19-40-77(66)100-90(81)89-83(86(79)95)65-32-10-17-38-73(65)98(89)59-27-21-24-55(50-59)56-44-48-74-69(51-56)80-82-67-34-13-20-41-78(67)101-91(82)88-84(64-31-9-16-37-72(64)96(88)57-25-5-2-6-26-57)87(80)97(74)60-47-49-76-68(52-60)61-28-11-18-39-75(61)99-76/h1-52H. The number of hydrogen-bond acceptors (Lipinski definition) is 5. The topological polar surface area (TPSA) is 58.6 Å². The van der Waals surface area contributed by atoms with E-state index >= 15 is 0 Å². The first kappa shape index (κ1) is 55.1. The van der Waals surface area contributed by atoms with Crippen molar-refractivity contribution in [2.45, 2.75) is 0 Å². The summed E-state index contributed by atoms with van der Waals surface area (Å²) in [6, 6.07) is 115. The van der Waals surface area contributed by atoms with Crippen LogP contribution in [-0.4, -0.2) is 28.2 Å². The molecule has 0 atom stereocenters. The van der Waals surface area contributed by atoms with Crippen LogP contribution in [0.15, 0.2) is 320 Å². The van der Waals surface area contributed by atoms with Crippen molar-refractivity contribution in [3.8, 4) is 56.5 Å². The normalized spacial score (nSPS) is 12.4. The van der Waals surface area contributed by atoms with Gasteiger partial charge in [-0.1, -0.05) is 194 Å². The summed E-state index contributed by atoms with van der Waals surface area (Å²) in [5.74, 6) is 0.693. The van der Waals surface area contributed by atoms with Gasteiger partial charge in [0.15, 0.2) is 5.82 Å². The number of nitrogens with zero attached hydrogens (tertiary/aromatic N) is 6. The first-order valence-electron chi connectivity index (χ1n) is 34.3. The van der Waals surface area contributed by atoms with Crippen LogP contribution >= 0.6 is 22.7 Å². The summed E-state index contributed by atoms with van der Waals surface area (Å²) in [6.45, 7) is 0. The van der Waals surface area contributed by atoms with Crippen LogP contribution in [0.4, 0.5) is 0 Å².